The second kappa shape index (κ2) is 11.2. The van der Waals surface area contributed by atoms with Gasteiger partial charge < -0.3 is 10.2 Å². The van der Waals surface area contributed by atoms with Gasteiger partial charge in [-0.3, -0.25) is 13.9 Å². The van der Waals surface area contributed by atoms with Crippen LogP contribution in [0.15, 0.2) is 36.4 Å². The van der Waals surface area contributed by atoms with E-state index in [1.165, 1.54) is 4.90 Å². The number of amides is 2. The van der Waals surface area contributed by atoms with Crippen LogP contribution in [0.25, 0.3) is 0 Å². The number of rotatable bonds is 8. The summed E-state index contributed by atoms with van der Waals surface area (Å²) in [7, 11) is -3.80. The molecule has 0 aliphatic carbocycles. The second-order valence-corrected chi connectivity index (χ2v) is 12.5. The zero-order valence-electron chi connectivity index (χ0n) is 21.1. The third-order valence-electron chi connectivity index (χ3n) is 5.48. The van der Waals surface area contributed by atoms with E-state index < -0.39 is 34.1 Å². The van der Waals surface area contributed by atoms with Crippen LogP contribution >= 0.6 is 23.2 Å². The summed E-state index contributed by atoms with van der Waals surface area (Å²) >= 11 is 12.4. The Hall–Kier alpha value is -2.29. The fraction of sp³-hybridized carbons (Fsp3) is 0.440. The van der Waals surface area contributed by atoms with Crippen LogP contribution in [0.1, 0.15) is 44.4 Å². The van der Waals surface area contributed by atoms with Crippen LogP contribution in [-0.2, 0) is 26.2 Å². The molecule has 2 aromatic carbocycles. The zero-order valence-corrected chi connectivity index (χ0v) is 23.5. The lowest BCUT2D eigenvalue weighted by Gasteiger charge is -2.33. The number of nitrogens with zero attached hydrogens (tertiary/aromatic N) is 2. The lowest BCUT2D eigenvalue weighted by atomic mass is 10.1. The lowest BCUT2D eigenvalue weighted by Crippen LogP contribution is -2.54. The first kappa shape index (κ1) is 28.9. The van der Waals surface area contributed by atoms with E-state index in [0.29, 0.717) is 21.3 Å². The quantitative estimate of drug-likeness (QED) is 0.524. The van der Waals surface area contributed by atoms with Gasteiger partial charge in [0.25, 0.3) is 0 Å². The Kier molecular flexibility index (Phi) is 9.25. The summed E-state index contributed by atoms with van der Waals surface area (Å²) in [5.74, 6) is -0.913. The molecule has 0 saturated carbocycles. The fourth-order valence-electron chi connectivity index (χ4n) is 3.38. The van der Waals surface area contributed by atoms with Crippen molar-refractivity contribution in [2.75, 3.05) is 17.1 Å². The minimum atomic E-state index is -3.80. The smallest absolute Gasteiger partial charge is 0.244 e. The van der Waals surface area contributed by atoms with Gasteiger partial charge in [0.15, 0.2) is 0 Å². The number of hydrogen-bond acceptors (Lipinski definition) is 4. The SMILES string of the molecule is Cc1ccc(N(CC(=O)N(Cc2ccc(Cl)cc2Cl)[C@H](C)C(=O)NC(C)(C)C)S(C)(=O)=O)cc1C. The van der Waals surface area contributed by atoms with Crippen LogP contribution in [-0.4, -0.2) is 49.5 Å². The van der Waals surface area contributed by atoms with Crippen LogP contribution in [0.4, 0.5) is 5.69 Å². The summed E-state index contributed by atoms with van der Waals surface area (Å²) in [5.41, 5.74) is 2.33. The molecule has 2 aromatic rings. The van der Waals surface area contributed by atoms with Gasteiger partial charge in [-0.15, -0.1) is 0 Å². The van der Waals surface area contributed by atoms with Crippen molar-refractivity contribution >= 4 is 50.7 Å². The number of sulfonamides is 1. The van der Waals surface area contributed by atoms with Crippen molar-refractivity contribution in [2.24, 2.45) is 0 Å². The molecular weight excluding hydrogens is 509 g/mol. The standard InChI is InChI=1S/C25H33Cl2N3O4S/c1-16-8-11-21(12-17(16)2)30(35(7,33)34)15-23(31)29(18(3)24(32)28-25(4,5)6)14-19-9-10-20(26)13-22(19)27/h8-13,18H,14-15H2,1-7H3,(H,28,32)/t18-/m1/s1. The van der Waals surface area contributed by atoms with Crippen molar-refractivity contribution in [3.8, 4) is 0 Å². The first-order valence-electron chi connectivity index (χ1n) is 11.1. The van der Waals surface area contributed by atoms with E-state index in [-0.39, 0.29) is 12.5 Å². The molecule has 2 rings (SSSR count). The summed E-state index contributed by atoms with van der Waals surface area (Å²) in [6.07, 6.45) is 1.05. The van der Waals surface area contributed by atoms with Gasteiger partial charge in [-0.25, -0.2) is 8.42 Å². The average molecular weight is 543 g/mol. The van der Waals surface area contributed by atoms with Crippen molar-refractivity contribution in [1.29, 1.82) is 0 Å². The Morgan fingerprint density at radius 3 is 2.17 bits per heavy atom. The highest BCUT2D eigenvalue weighted by Crippen LogP contribution is 2.25. The maximum absolute atomic E-state index is 13.6. The van der Waals surface area contributed by atoms with Crippen molar-refractivity contribution in [3.63, 3.8) is 0 Å². The van der Waals surface area contributed by atoms with Gasteiger partial charge in [0.05, 0.1) is 11.9 Å². The number of anilines is 1. The molecule has 0 aliphatic heterocycles. The van der Waals surface area contributed by atoms with E-state index in [1.807, 2.05) is 34.6 Å². The van der Waals surface area contributed by atoms with Gasteiger partial charge in [0, 0.05) is 22.1 Å². The normalized spacial score (nSPS) is 12.7. The Labute approximate surface area is 218 Å². The first-order chi connectivity index (χ1) is 16.0. The number of aryl methyl sites for hydroxylation is 2. The maximum atomic E-state index is 13.6. The minimum Gasteiger partial charge on any atom is -0.350 e. The van der Waals surface area contributed by atoms with E-state index in [2.05, 4.69) is 5.32 Å². The van der Waals surface area contributed by atoms with Crippen molar-refractivity contribution in [3.05, 3.63) is 63.1 Å². The Balaban J connectivity index is 2.46. The van der Waals surface area contributed by atoms with Gasteiger partial charge >= 0.3 is 0 Å². The van der Waals surface area contributed by atoms with Crippen LogP contribution in [0.2, 0.25) is 10.0 Å². The monoisotopic (exact) mass is 541 g/mol. The summed E-state index contributed by atoms with van der Waals surface area (Å²) in [6, 6.07) is 9.17. The summed E-state index contributed by atoms with van der Waals surface area (Å²) < 4.78 is 26.4. The number of halogens is 2. The van der Waals surface area contributed by atoms with E-state index in [1.54, 1.807) is 43.3 Å². The molecule has 0 heterocycles. The average Bonchev–Trinajstić information content (AvgIpc) is 2.71. The molecule has 0 aliphatic rings. The van der Waals surface area contributed by atoms with Crippen LogP contribution in [0.3, 0.4) is 0 Å². The minimum absolute atomic E-state index is 0.00189. The highest BCUT2D eigenvalue weighted by molar-refractivity contribution is 7.92. The molecule has 0 radical (unpaired) electrons. The molecule has 1 atom stereocenters. The summed E-state index contributed by atoms with van der Waals surface area (Å²) in [4.78, 5) is 27.9. The topological polar surface area (TPSA) is 86.8 Å². The predicted octanol–water partition coefficient (Wildman–Crippen LogP) is 4.71. The molecule has 0 saturated heterocycles. The first-order valence-corrected chi connectivity index (χ1v) is 13.7. The molecular formula is C25H33Cl2N3O4S. The molecule has 0 unspecified atom stereocenters. The van der Waals surface area contributed by atoms with Crippen molar-refractivity contribution in [1.82, 2.24) is 10.2 Å². The van der Waals surface area contributed by atoms with Crippen LogP contribution in [0, 0.1) is 13.8 Å². The highest BCUT2D eigenvalue weighted by atomic mass is 35.5. The summed E-state index contributed by atoms with van der Waals surface area (Å²) in [6.45, 7) is 10.4. The van der Waals surface area contributed by atoms with E-state index >= 15 is 0 Å². The van der Waals surface area contributed by atoms with Crippen LogP contribution in [0.5, 0.6) is 0 Å². The molecule has 0 fully saturated rings. The second-order valence-electron chi connectivity index (χ2n) is 9.71. The Morgan fingerprint density at radius 1 is 1.03 bits per heavy atom. The van der Waals surface area contributed by atoms with Crippen LogP contribution < -0.4 is 9.62 Å². The lowest BCUT2D eigenvalue weighted by molar-refractivity contribution is -0.140. The van der Waals surface area contributed by atoms with Gasteiger partial charge in [-0.2, -0.15) is 0 Å². The molecule has 10 heteroatoms. The highest BCUT2D eigenvalue weighted by Gasteiger charge is 2.31. The van der Waals surface area contributed by atoms with Gasteiger partial charge in [0.2, 0.25) is 21.8 Å². The molecule has 35 heavy (non-hydrogen) atoms. The third kappa shape index (κ3) is 8.12. The van der Waals surface area contributed by atoms with Gasteiger partial charge in [0.1, 0.15) is 12.6 Å². The van der Waals surface area contributed by atoms with Crippen molar-refractivity contribution < 1.29 is 18.0 Å². The zero-order chi connectivity index (χ0) is 26.7. The van der Waals surface area contributed by atoms with E-state index in [4.69, 9.17) is 23.2 Å². The largest absolute Gasteiger partial charge is 0.350 e. The fourth-order valence-corrected chi connectivity index (χ4v) is 4.69. The molecule has 0 aromatic heterocycles. The van der Waals surface area contributed by atoms with Crippen molar-refractivity contribution in [2.45, 2.75) is 59.7 Å². The molecule has 7 nitrogen and oxygen atoms in total. The molecule has 1 N–H and O–H groups in total. The Bertz CT molecular complexity index is 1210. The number of benzene rings is 2. The summed E-state index contributed by atoms with van der Waals surface area (Å²) in [5, 5.41) is 3.65. The molecule has 0 spiro atoms. The van der Waals surface area contributed by atoms with Gasteiger partial charge in [-0.05, 0) is 82.5 Å². The maximum Gasteiger partial charge on any atom is 0.244 e. The van der Waals surface area contributed by atoms with Gasteiger partial charge in [-0.1, -0.05) is 35.3 Å². The molecule has 0 bridgehead atoms. The van der Waals surface area contributed by atoms with E-state index in [0.717, 1.165) is 21.7 Å². The number of hydrogen-bond donors (Lipinski definition) is 1. The number of carbonyl (C=O) groups excluding carboxylic acids is 2. The number of nitrogens with one attached hydrogen (secondary N) is 1. The number of carbonyl (C=O) groups is 2. The third-order valence-corrected chi connectivity index (χ3v) is 7.21. The molecule has 192 valence electrons. The predicted molar refractivity (Wildman–Crippen MR) is 142 cm³/mol. The molecule has 2 amide bonds. The van der Waals surface area contributed by atoms with E-state index in [9.17, 15) is 18.0 Å². The Morgan fingerprint density at radius 2 is 1.66 bits per heavy atom.